The summed E-state index contributed by atoms with van der Waals surface area (Å²) in [6.45, 7) is 4.65. The van der Waals surface area contributed by atoms with Crippen LogP contribution < -0.4 is 0 Å². The van der Waals surface area contributed by atoms with E-state index in [4.69, 9.17) is 17.0 Å². The number of methoxy groups -OCH3 is 1. The number of aromatic amines is 1. The molecule has 0 aliphatic rings. The molecule has 1 aromatic rings. The number of H-pyrrole nitrogens is 1. The molecule has 4 nitrogen and oxygen atoms in total. The van der Waals surface area contributed by atoms with Crippen molar-refractivity contribution in [3.8, 4) is 0 Å². The Balaban J connectivity index is 2.81. The Morgan fingerprint density at radius 3 is 2.83 bits per heavy atom. The molecule has 1 aromatic heterocycles. The van der Waals surface area contributed by atoms with E-state index in [-0.39, 0.29) is 6.10 Å². The summed E-state index contributed by atoms with van der Waals surface area (Å²) in [5, 5.41) is 6.72. The Morgan fingerprint density at radius 2 is 2.42 bits per heavy atom. The number of nitrogens with one attached hydrogen (secondary N) is 1. The van der Waals surface area contributed by atoms with Crippen LogP contribution in [-0.4, -0.2) is 28.0 Å². The SMILES string of the molecule is COC(C)Cn1c(C)n[nH]c1=S. The topological polar surface area (TPSA) is 42.8 Å². The van der Waals surface area contributed by atoms with Gasteiger partial charge in [0.25, 0.3) is 0 Å². The zero-order valence-corrected chi connectivity index (χ0v) is 8.31. The predicted molar refractivity (Wildman–Crippen MR) is 48.6 cm³/mol. The average Bonchev–Trinajstić information content (AvgIpc) is 2.35. The van der Waals surface area contributed by atoms with Gasteiger partial charge in [0.05, 0.1) is 12.6 Å². The van der Waals surface area contributed by atoms with Crippen molar-refractivity contribution < 1.29 is 4.74 Å². The molecule has 0 bridgehead atoms. The van der Waals surface area contributed by atoms with Crippen molar-refractivity contribution in [1.29, 1.82) is 0 Å². The van der Waals surface area contributed by atoms with Gasteiger partial charge in [-0.15, -0.1) is 0 Å². The number of hydrogen-bond acceptors (Lipinski definition) is 3. The van der Waals surface area contributed by atoms with Crippen LogP contribution in [0.15, 0.2) is 0 Å². The zero-order valence-electron chi connectivity index (χ0n) is 7.50. The molecule has 0 aromatic carbocycles. The summed E-state index contributed by atoms with van der Waals surface area (Å²) in [6, 6.07) is 0. The van der Waals surface area contributed by atoms with Crippen LogP contribution >= 0.6 is 12.2 Å². The Labute approximate surface area is 76.6 Å². The van der Waals surface area contributed by atoms with E-state index in [1.54, 1.807) is 7.11 Å². The number of nitrogens with zero attached hydrogens (tertiary/aromatic N) is 2. The summed E-state index contributed by atoms with van der Waals surface area (Å²) in [5.41, 5.74) is 0. The summed E-state index contributed by atoms with van der Waals surface area (Å²) in [7, 11) is 1.68. The van der Waals surface area contributed by atoms with Gasteiger partial charge >= 0.3 is 0 Å². The molecule has 1 N–H and O–H groups in total. The van der Waals surface area contributed by atoms with Gasteiger partial charge in [0.1, 0.15) is 5.82 Å². The lowest BCUT2D eigenvalue weighted by molar-refractivity contribution is 0.102. The van der Waals surface area contributed by atoms with Gasteiger partial charge in [-0.2, -0.15) is 5.10 Å². The average molecular weight is 187 g/mol. The van der Waals surface area contributed by atoms with Crippen molar-refractivity contribution in [3.05, 3.63) is 10.6 Å². The first-order valence-corrected chi connectivity index (χ1v) is 4.20. The largest absolute Gasteiger partial charge is 0.380 e. The maximum absolute atomic E-state index is 5.12. The molecule has 0 radical (unpaired) electrons. The van der Waals surface area contributed by atoms with Crippen molar-refractivity contribution in [2.75, 3.05) is 7.11 Å². The van der Waals surface area contributed by atoms with E-state index in [9.17, 15) is 0 Å². The smallest absolute Gasteiger partial charge is 0.195 e. The molecule has 5 heteroatoms. The van der Waals surface area contributed by atoms with E-state index in [1.807, 2.05) is 18.4 Å². The maximum Gasteiger partial charge on any atom is 0.195 e. The van der Waals surface area contributed by atoms with Gasteiger partial charge in [0, 0.05) is 7.11 Å². The summed E-state index contributed by atoms with van der Waals surface area (Å²) in [5.74, 6) is 0.893. The summed E-state index contributed by atoms with van der Waals surface area (Å²) in [6.07, 6.45) is 0.160. The van der Waals surface area contributed by atoms with Crippen molar-refractivity contribution >= 4 is 12.2 Å². The molecule has 12 heavy (non-hydrogen) atoms. The third-order valence-corrected chi connectivity index (χ3v) is 2.10. The quantitative estimate of drug-likeness (QED) is 0.725. The highest BCUT2D eigenvalue weighted by atomic mass is 32.1. The third kappa shape index (κ3) is 1.92. The minimum absolute atomic E-state index is 0.160. The molecule has 1 rings (SSSR count). The highest BCUT2D eigenvalue weighted by molar-refractivity contribution is 7.71. The molecule has 0 aliphatic heterocycles. The lowest BCUT2D eigenvalue weighted by atomic mass is 10.4. The number of aromatic nitrogens is 3. The molecule has 0 saturated heterocycles. The number of ether oxygens (including phenoxy) is 1. The number of hydrogen-bond donors (Lipinski definition) is 1. The van der Waals surface area contributed by atoms with Crippen molar-refractivity contribution in [2.24, 2.45) is 0 Å². The number of rotatable bonds is 3. The second-order valence-corrected chi connectivity index (χ2v) is 3.12. The summed E-state index contributed by atoms with van der Waals surface area (Å²) >= 11 is 5.03. The highest BCUT2D eigenvalue weighted by Gasteiger charge is 2.05. The lowest BCUT2D eigenvalue weighted by Gasteiger charge is -2.10. The minimum Gasteiger partial charge on any atom is -0.380 e. The van der Waals surface area contributed by atoms with E-state index in [1.165, 1.54) is 0 Å². The van der Waals surface area contributed by atoms with E-state index in [2.05, 4.69) is 10.2 Å². The van der Waals surface area contributed by atoms with Crippen LogP contribution in [0, 0.1) is 11.7 Å². The molecule has 0 amide bonds. The van der Waals surface area contributed by atoms with Crippen molar-refractivity contribution in [2.45, 2.75) is 26.5 Å². The van der Waals surface area contributed by atoms with Gasteiger partial charge in [-0.3, -0.25) is 5.10 Å². The van der Waals surface area contributed by atoms with Crippen molar-refractivity contribution in [1.82, 2.24) is 14.8 Å². The standard InChI is InChI=1S/C7H13N3OS/c1-5(11-3)4-10-6(2)8-9-7(10)12/h5H,4H2,1-3H3,(H,9,12). The van der Waals surface area contributed by atoms with Gasteiger partial charge < -0.3 is 9.30 Å². The Kier molecular flexibility index (Phi) is 2.99. The fourth-order valence-electron chi connectivity index (χ4n) is 0.943. The third-order valence-electron chi connectivity index (χ3n) is 1.79. The fraction of sp³-hybridized carbons (Fsp3) is 0.714. The monoisotopic (exact) mass is 187 g/mol. The van der Waals surface area contributed by atoms with Crippen LogP contribution in [0.1, 0.15) is 12.7 Å². The number of aryl methyl sites for hydroxylation is 1. The van der Waals surface area contributed by atoms with Gasteiger partial charge in [0.15, 0.2) is 4.77 Å². The lowest BCUT2D eigenvalue weighted by Crippen LogP contribution is -2.15. The minimum atomic E-state index is 0.160. The zero-order chi connectivity index (χ0) is 9.14. The maximum atomic E-state index is 5.12. The Bertz CT molecular complexity index is 304. The van der Waals surface area contributed by atoms with Crippen LogP contribution in [-0.2, 0) is 11.3 Å². The second-order valence-electron chi connectivity index (χ2n) is 2.73. The van der Waals surface area contributed by atoms with E-state index in [0.29, 0.717) is 4.77 Å². The molecular weight excluding hydrogens is 174 g/mol. The van der Waals surface area contributed by atoms with E-state index < -0.39 is 0 Å². The second kappa shape index (κ2) is 3.82. The van der Waals surface area contributed by atoms with Crippen LogP contribution in [0.4, 0.5) is 0 Å². The summed E-state index contributed by atoms with van der Waals surface area (Å²) < 4.78 is 7.69. The van der Waals surface area contributed by atoms with Gasteiger partial charge in [-0.1, -0.05) is 0 Å². The Hall–Kier alpha value is -0.680. The molecule has 1 atom stereocenters. The molecule has 0 aliphatic carbocycles. The highest BCUT2D eigenvalue weighted by Crippen LogP contribution is 1.99. The van der Waals surface area contributed by atoms with Gasteiger partial charge in [0.2, 0.25) is 0 Å². The molecular formula is C7H13N3OS. The first-order chi connectivity index (χ1) is 5.65. The molecule has 0 saturated carbocycles. The molecule has 1 unspecified atom stereocenters. The van der Waals surface area contributed by atoms with Gasteiger partial charge in [-0.05, 0) is 26.1 Å². The van der Waals surface area contributed by atoms with E-state index in [0.717, 1.165) is 12.4 Å². The molecule has 0 fully saturated rings. The van der Waals surface area contributed by atoms with Crippen LogP contribution in [0.5, 0.6) is 0 Å². The molecule has 68 valence electrons. The van der Waals surface area contributed by atoms with Crippen LogP contribution in [0.3, 0.4) is 0 Å². The van der Waals surface area contributed by atoms with Gasteiger partial charge in [-0.25, -0.2) is 0 Å². The summed E-state index contributed by atoms with van der Waals surface area (Å²) in [4.78, 5) is 0. The van der Waals surface area contributed by atoms with Crippen LogP contribution in [0.25, 0.3) is 0 Å². The fourth-order valence-corrected chi connectivity index (χ4v) is 1.20. The Morgan fingerprint density at radius 1 is 1.75 bits per heavy atom. The van der Waals surface area contributed by atoms with Crippen LogP contribution in [0.2, 0.25) is 0 Å². The van der Waals surface area contributed by atoms with E-state index >= 15 is 0 Å². The normalized spacial score (nSPS) is 13.2. The molecule has 1 heterocycles. The molecule has 0 spiro atoms. The first kappa shape index (κ1) is 9.41. The van der Waals surface area contributed by atoms with Crippen molar-refractivity contribution in [3.63, 3.8) is 0 Å². The predicted octanol–water partition coefficient (Wildman–Crippen LogP) is 1.28. The first-order valence-electron chi connectivity index (χ1n) is 3.79.